The number of carbonyl (C=O) groups excluding carboxylic acids is 1. The summed E-state index contributed by atoms with van der Waals surface area (Å²) in [5, 5.41) is 6.12. The predicted octanol–water partition coefficient (Wildman–Crippen LogP) is 4.54. The Kier molecular flexibility index (Phi) is 3.79. The van der Waals surface area contributed by atoms with E-state index in [2.05, 4.69) is 16.8 Å². The molecular formula is C18H18N2O2S. The van der Waals surface area contributed by atoms with E-state index in [1.54, 1.807) is 11.3 Å². The van der Waals surface area contributed by atoms with E-state index < -0.39 is 0 Å². The molecule has 1 unspecified atom stereocenters. The van der Waals surface area contributed by atoms with Crippen molar-refractivity contribution in [2.75, 3.05) is 6.54 Å². The summed E-state index contributed by atoms with van der Waals surface area (Å²) >= 11 is 1.72. The lowest BCUT2D eigenvalue weighted by atomic mass is 10.2. The number of rotatable bonds is 3. The first kappa shape index (κ1) is 14.3. The summed E-state index contributed by atoms with van der Waals surface area (Å²) in [6.07, 6.45) is 2.10. The number of likely N-dealkylation sites (tertiary alicyclic amines) is 1. The van der Waals surface area contributed by atoms with Crippen molar-refractivity contribution in [3.8, 4) is 0 Å². The first-order valence-electron chi connectivity index (χ1n) is 7.86. The van der Waals surface area contributed by atoms with Gasteiger partial charge < -0.3 is 14.6 Å². The van der Waals surface area contributed by atoms with Crippen LogP contribution in [-0.4, -0.2) is 17.5 Å². The summed E-state index contributed by atoms with van der Waals surface area (Å²) in [4.78, 5) is 15.7. The minimum atomic E-state index is -0.0126. The quantitative estimate of drug-likeness (QED) is 0.768. The molecule has 0 saturated carbocycles. The summed E-state index contributed by atoms with van der Waals surface area (Å²) in [6.45, 7) is 1.23. The van der Waals surface area contributed by atoms with Crippen molar-refractivity contribution in [3.63, 3.8) is 0 Å². The lowest BCUT2D eigenvalue weighted by molar-refractivity contribution is 0.192. The minimum absolute atomic E-state index is 0.0126. The number of para-hydroxylation sites is 1. The molecule has 1 atom stereocenters. The van der Waals surface area contributed by atoms with Crippen molar-refractivity contribution in [1.29, 1.82) is 0 Å². The number of nitrogens with one attached hydrogen (secondary N) is 1. The van der Waals surface area contributed by atoms with E-state index >= 15 is 0 Å². The van der Waals surface area contributed by atoms with Gasteiger partial charge in [-0.25, -0.2) is 4.79 Å². The Morgan fingerprint density at radius 3 is 3.04 bits per heavy atom. The Labute approximate surface area is 138 Å². The first-order valence-corrected chi connectivity index (χ1v) is 8.74. The molecule has 0 aliphatic carbocycles. The zero-order chi connectivity index (χ0) is 15.6. The maximum atomic E-state index is 12.5. The third kappa shape index (κ3) is 2.84. The summed E-state index contributed by atoms with van der Waals surface area (Å²) in [5.41, 5.74) is 0.856. The highest BCUT2D eigenvalue weighted by Gasteiger charge is 2.30. The lowest BCUT2D eigenvalue weighted by Crippen LogP contribution is -2.38. The van der Waals surface area contributed by atoms with E-state index in [-0.39, 0.29) is 12.1 Å². The van der Waals surface area contributed by atoms with Crippen LogP contribution < -0.4 is 5.32 Å². The van der Waals surface area contributed by atoms with Crippen molar-refractivity contribution in [2.24, 2.45) is 0 Å². The number of carbonyl (C=O) groups is 1. The first-order chi connectivity index (χ1) is 11.3. The Hall–Kier alpha value is -2.27. The van der Waals surface area contributed by atoms with Gasteiger partial charge in [0.2, 0.25) is 0 Å². The van der Waals surface area contributed by atoms with Crippen molar-refractivity contribution < 1.29 is 9.21 Å². The predicted molar refractivity (Wildman–Crippen MR) is 91.4 cm³/mol. The zero-order valence-electron chi connectivity index (χ0n) is 12.7. The molecule has 1 fully saturated rings. The normalized spacial score (nSPS) is 17.7. The molecule has 2 aromatic heterocycles. The minimum Gasteiger partial charge on any atom is -0.459 e. The number of fused-ring (bicyclic) bond motifs is 1. The van der Waals surface area contributed by atoms with Gasteiger partial charge in [-0.3, -0.25) is 0 Å². The smallest absolute Gasteiger partial charge is 0.318 e. The summed E-state index contributed by atoms with van der Waals surface area (Å²) < 4.78 is 5.75. The van der Waals surface area contributed by atoms with Crippen LogP contribution in [0.1, 0.15) is 29.5 Å². The second-order valence-electron chi connectivity index (χ2n) is 5.78. The SMILES string of the molecule is O=C(NCc1cc2ccccc2o1)N1CCCC1c1cccs1. The molecule has 1 saturated heterocycles. The van der Waals surface area contributed by atoms with Gasteiger partial charge in [-0.15, -0.1) is 11.3 Å². The van der Waals surface area contributed by atoms with Crippen LogP contribution in [0.5, 0.6) is 0 Å². The van der Waals surface area contributed by atoms with E-state index in [1.165, 1.54) is 4.88 Å². The molecule has 4 nitrogen and oxygen atoms in total. The van der Waals surface area contributed by atoms with Crippen LogP contribution >= 0.6 is 11.3 Å². The molecule has 1 aliphatic rings. The van der Waals surface area contributed by atoms with Crippen LogP contribution in [0.2, 0.25) is 0 Å². The fourth-order valence-corrected chi connectivity index (χ4v) is 4.05. The Balaban J connectivity index is 1.43. The van der Waals surface area contributed by atoms with E-state index in [0.29, 0.717) is 6.54 Å². The molecule has 3 heterocycles. The average Bonchev–Trinajstić information content (AvgIpc) is 3.31. The summed E-state index contributed by atoms with van der Waals surface area (Å²) in [6, 6.07) is 14.2. The standard InChI is InChI=1S/C18H18N2O2S/c21-18(20-9-3-6-15(20)17-8-4-10-23-17)19-12-14-11-13-5-1-2-7-16(13)22-14/h1-2,4-5,7-8,10-11,15H,3,6,9,12H2,(H,19,21). The largest absolute Gasteiger partial charge is 0.459 e. The van der Waals surface area contributed by atoms with Crippen molar-refractivity contribution in [1.82, 2.24) is 10.2 Å². The molecule has 0 bridgehead atoms. The molecule has 3 aromatic rings. The highest BCUT2D eigenvalue weighted by molar-refractivity contribution is 7.10. The van der Waals surface area contributed by atoms with Gasteiger partial charge in [-0.05, 0) is 36.4 Å². The Bertz CT molecular complexity index is 776. The fraction of sp³-hybridized carbons (Fsp3) is 0.278. The van der Waals surface area contributed by atoms with Crippen LogP contribution in [0, 0.1) is 0 Å². The molecule has 1 N–H and O–H groups in total. The third-order valence-electron chi connectivity index (χ3n) is 4.28. The van der Waals surface area contributed by atoms with E-state index in [4.69, 9.17) is 4.42 Å². The van der Waals surface area contributed by atoms with Crippen molar-refractivity contribution in [2.45, 2.75) is 25.4 Å². The van der Waals surface area contributed by atoms with Crippen molar-refractivity contribution >= 4 is 28.3 Å². The van der Waals surface area contributed by atoms with Gasteiger partial charge in [0.1, 0.15) is 11.3 Å². The van der Waals surface area contributed by atoms with E-state index in [1.807, 2.05) is 41.3 Å². The molecule has 1 aliphatic heterocycles. The number of urea groups is 1. The second-order valence-corrected chi connectivity index (χ2v) is 6.76. The molecular weight excluding hydrogens is 308 g/mol. The van der Waals surface area contributed by atoms with Crippen LogP contribution in [0.25, 0.3) is 11.0 Å². The summed E-state index contributed by atoms with van der Waals surface area (Å²) in [5.74, 6) is 0.784. The van der Waals surface area contributed by atoms with E-state index in [9.17, 15) is 4.79 Å². The van der Waals surface area contributed by atoms with Crippen LogP contribution in [0.15, 0.2) is 52.3 Å². The molecule has 0 radical (unpaired) electrons. The van der Waals surface area contributed by atoms with Gasteiger partial charge in [0, 0.05) is 16.8 Å². The number of benzene rings is 1. The number of amides is 2. The van der Waals surface area contributed by atoms with Gasteiger partial charge >= 0.3 is 6.03 Å². The van der Waals surface area contributed by atoms with Crippen LogP contribution in [-0.2, 0) is 6.54 Å². The molecule has 4 rings (SSSR count). The maximum absolute atomic E-state index is 12.5. The summed E-state index contributed by atoms with van der Waals surface area (Å²) in [7, 11) is 0. The molecule has 1 aromatic carbocycles. The van der Waals surface area contributed by atoms with Gasteiger partial charge in [-0.1, -0.05) is 24.3 Å². The maximum Gasteiger partial charge on any atom is 0.318 e. The topological polar surface area (TPSA) is 45.5 Å². The Morgan fingerprint density at radius 2 is 2.22 bits per heavy atom. The highest BCUT2D eigenvalue weighted by Crippen LogP contribution is 2.34. The molecule has 2 amide bonds. The molecule has 5 heteroatoms. The average molecular weight is 326 g/mol. The number of nitrogens with zero attached hydrogens (tertiary/aromatic N) is 1. The zero-order valence-corrected chi connectivity index (χ0v) is 13.5. The molecule has 23 heavy (non-hydrogen) atoms. The number of thiophene rings is 1. The number of hydrogen-bond donors (Lipinski definition) is 1. The molecule has 0 spiro atoms. The van der Waals surface area contributed by atoms with Gasteiger partial charge in [0.25, 0.3) is 0 Å². The van der Waals surface area contributed by atoms with Gasteiger partial charge in [-0.2, -0.15) is 0 Å². The van der Waals surface area contributed by atoms with Gasteiger partial charge in [0.05, 0.1) is 12.6 Å². The Morgan fingerprint density at radius 1 is 1.30 bits per heavy atom. The van der Waals surface area contributed by atoms with Crippen LogP contribution in [0.3, 0.4) is 0 Å². The fourth-order valence-electron chi connectivity index (χ4n) is 3.17. The second kappa shape index (κ2) is 6.08. The molecule has 118 valence electrons. The monoisotopic (exact) mass is 326 g/mol. The van der Waals surface area contributed by atoms with Crippen molar-refractivity contribution in [3.05, 3.63) is 58.5 Å². The van der Waals surface area contributed by atoms with Gasteiger partial charge in [0.15, 0.2) is 0 Å². The lowest BCUT2D eigenvalue weighted by Gasteiger charge is -2.24. The number of hydrogen-bond acceptors (Lipinski definition) is 3. The van der Waals surface area contributed by atoms with Crippen LogP contribution in [0.4, 0.5) is 4.79 Å². The van der Waals surface area contributed by atoms with E-state index in [0.717, 1.165) is 36.1 Å². The number of furan rings is 1. The highest BCUT2D eigenvalue weighted by atomic mass is 32.1. The third-order valence-corrected chi connectivity index (χ3v) is 5.25.